The van der Waals surface area contributed by atoms with Crippen molar-refractivity contribution in [3.8, 4) is 11.5 Å². The highest BCUT2D eigenvalue weighted by molar-refractivity contribution is 9.10. The maximum atomic E-state index is 13.3. The van der Waals surface area contributed by atoms with Crippen molar-refractivity contribution < 1.29 is 28.5 Å². The smallest absolute Gasteiger partial charge is 0.336 e. The van der Waals surface area contributed by atoms with Gasteiger partial charge in [-0.1, -0.05) is 15.9 Å². The second-order valence-electron chi connectivity index (χ2n) is 8.34. The summed E-state index contributed by atoms with van der Waals surface area (Å²) in [7, 11) is 0. The molecule has 1 aliphatic carbocycles. The van der Waals surface area contributed by atoms with Gasteiger partial charge >= 0.3 is 5.97 Å². The van der Waals surface area contributed by atoms with Crippen LogP contribution in [0.4, 0.5) is 0 Å². The second kappa shape index (κ2) is 8.39. The molecule has 1 saturated carbocycles. The largest absolute Gasteiger partial charge is 0.460 e. The molecule has 0 radical (unpaired) electrons. The molecule has 31 heavy (non-hydrogen) atoms. The van der Waals surface area contributed by atoms with Gasteiger partial charge in [0.05, 0.1) is 17.6 Å². The van der Waals surface area contributed by atoms with Gasteiger partial charge in [0.15, 0.2) is 11.5 Å². The molecule has 3 atom stereocenters. The predicted molar refractivity (Wildman–Crippen MR) is 115 cm³/mol. The van der Waals surface area contributed by atoms with E-state index in [1.54, 1.807) is 0 Å². The van der Waals surface area contributed by atoms with Gasteiger partial charge < -0.3 is 18.9 Å². The fraction of sp³-hybridized carbons (Fsp3) is 0.522. The van der Waals surface area contributed by atoms with Crippen molar-refractivity contribution in [1.29, 1.82) is 0 Å². The second-order valence-corrected chi connectivity index (χ2v) is 9.19. The van der Waals surface area contributed by atoms with E-state index < -0.39 is 17.8 Å². The first kappa shape index (κ1) is 20.7. The number of benzene rings is 1. The third-order valence-electron chi connectivity index (χ3n) is 6.38. The van der Waals surface area contributed by atoms with Crippen LogP contribution in [0.3, 0.4) is 0 Å². The molecule has 0 spiro atoms. The van der Waals surface area contributed by atoms with Crippen molar-refractivity contribution in [1.82, 2.24) is 0 Å². The van der Waals surface area contributed by atoms with Crippen LogP contribution in [-0.2, 0) is 19.1 Å². The van der Waals surface area contributed by atoms with Gasteiger partial charge in [-0.25, -0.2) is 4.79 Å². The molecule has 1 saturated heterocycles. The Kier molecular flexibility index (Phi) is 5.60. The molecule has 3 heterocycles. The zero-order chi connectivity index (χ0) is 21.5. The van der Waals surface area contributed by atoms with Crippen LogP contribution < -0.4 is 9.47 Å². The van der Waals surface area contributed by atoms with Gasteiger partial charge in [0.25, 0.3) is 0 Å². The molecule has 164 valence electrons. The number of esters is 1. The molecule has 0 unspecified atom stereocenters. The topological polar surface area (TPSA) is 83.4 Å². The van der Waals surface area contributed by atoms with E-state index in [1.165, 1.54) is 0 Å². The van der Waals surface area contributed by atoms with E-state index in [9.17, 15) is 9.59 Å². The molecule has 1 aromatic carbocycles. The Morgan fingerprint density at radius 1 is 1.19 bits per heavy atom. The Bertz CT molecular complexity index is 994. The predicted octanol–water partition coefficient (Wildman–Crippen LogP) is 4.08. The first-order valence-corrected chi connectivity index (χ1v) is 11.5. The fourth-order valence-electron chi connectivity index (χ4n) is 4.91. The van der Waals surface area contributed by atoms with Crippen molar-refractivity contribution in [3.63, 3.8) is 0 Å². The van der Waals surface area contributed by atoms with E-state index in [-0.39, 0.29) is 25.3 Å². The summed E-state index contributed by atoms with van der Waals surface area (Å²) in [5, 5.41) is 0. The average Bonchev–Trinajstić information content (AvgIpc) is 3.42. The summed E-state index contributed by atoms with van der Waals surface area (Å²) in [5.41, 5.74) is 2.69. The van der Waals surface area contributed by atoms with Gasteiger partial charge in [-0.15, -0.1) is 0 Å². The van der Waals surface area contributed by atoms with Crippen molar-refractivity contribution in [2.75, 3.05) is 20.0 Å². The minimum atomic E-state index is -0.485. The summed E-state index contributed by atoms with van der Waals surface area (Å²) >= 11 is 3.63. The van der Waals surface area contributed by atoms with E-state index >= 15 is 0 Å². The Morgan fingerprint density at radius 3 is 2.77 bits per heavy atom. The van der Waals surface area contributed by atoms with Crippen molar-refractivity contribution in [3.05, 3.63) is 33.4 Å². The molecule has 0 N–H and O–H groups in total. The molecule has 7 nitrogen and oxygen atoms in total. The molecule has 0 amide bonds. The number of ketones is 1. The quantitative estimate of drug-likeness (QED) is 0.592. The number of rotatable bonds is 4. The maximum absolute atomic E-state index is 13.3. The molecule has 2 fully saturated rings. The number of hydrogen-bond donors (Lipinski definition) is 0. The molecule has 0 bridgehead atoms. The van der Waals surface area contributed by atoms with E-state index in [4.69, 9.17) is 18.9 Å². The van der Waals surface area contributed by atoms with Crippen LogP contribution in [0.2, 0.25) is 0 Å². The lowest BCUT2D eigenvalue weighted by atomic mass is 9.69. The molecule has 4 aliphatic rings. The number of aliphatic imine (C=N–C) groups is 1. The zero-order valence-electron chi connectivity index (χ0n) is 17.3. The molecule has 8 heteroatoms. The molecule has 3 aliphatic heterocycles. The monoisotopic (exact) mass is 489 g/mol. The van der Waals surface area contributed by atoms with Gasteiger partial charge in [-0.2, -0.15) is 0 Å². The SMILES string of the molecule is CC1=C(C(=O)OC[C@H]2CCCO2)[C@H](c2cc3c(cc2Br)OCO3)[C@H]2C(=O)CCCC2=N1. The molecule has 1 aromatic rings. The summed E-state index contributed by atoms with van der Waals surface area (Å²) in [4.78, 5) is 31.0. The van der Waals surface area contributed by atoms with Crippen LogP contribution in [-0.4, -0.2) is 43.6 Å². The van der Waals surface area contributed by atoms with E-state index in [0.717, 1.165) is 41.4 Å². The van der Waals surface area contributed by atoms with Crippen LogP contribution in [0.15, 0.2) is 32.9 Å². The van der Waals surface area contributed by atoms with Crippen molar-refractivity contribution in [2.24, 2.45) is 10.9 Å². The zero-order valence-corrected chi connectivity index (χ0v) is 18.9. The molecular weight excluding hydrogens is 466 g/mol. The van der Waals surface area contributed by atoms with Crippen LogP contribution >= 0.6 is 15.9 Å². The van der Waals surface area contributed by atoms with E-state index in [1.807, 2.05) is 19.1 Å². The highest BCUT2D eigenvalue weighted by atomic mass is 79.9. The fourth-order valence-corrected chi connectivity index (χ4v) is 5.48. The van der Waals surface area contributed by atoms with Gasteiger partial charge in [-0.3, -0.25) is 9.79 Å². The number of allylic oxidation sites excluding steroid dienone is 1. The normalized spacial score (nSPS) is 27.2. The molecular formula is C23H24BrNO6. The number of halogens is 1. The minimum Gasteiger partial charge on any atom is -0.460 e. The molecule has 5 rings (SSSR count). The highest BCUT2D eigenvalue weighted by Gasteiger charge is 2.45. The first-order valence-electron chi connectivity index (χ1n) is 10.7. The Morgan fingerprint density at radius 2 is 2.00 bits per heavy atom. The molecule has 0 aromatic heterocycles. The Balaban J connectivity index is 1.55. The van der Waals surface area contributed by atoms with Gasteiger partial charge in [0.2, 0.25) is 6.79 Å². The minimum absolute atomic E-state index is 0.0699. The summed E-state index contributed by atoms with van der Waals surface area (Å²) < 4.78 is 23.1. The summed E-state index contributed by atoms with van der Waals surface area (Å²) in [6, 6.07) is 3.70. The van der Waals surface area contributed by atoms with E-state index in [2.05, 4.69) is 20.9 Å². The number of Topliss-reactive ketones (excluding diaryl/α,β-unsaturated/α-hetero) is 1. The number of carbonyl (C=O) groups excluding carboxylic acids is 2. The Hall–Kier alpha value is -2.19. The highest BCUT2D eigenvalue weighted by Crippen LogP contribution is 2.48. The van der Waals surface area contributed by atoms with Crippen LogP contribution in [0.1, 0.15) is 50.5 Å². The lowest BCUT2D eigenvalue weighted by Crippen LogP contribution is -2.39. The first-order chi connectivity index (χ1) is 15.0. The number of nitrogens with zero attached hydrogens (tertiary/aromatic N) is 1. The van der Waals surface area contributed by atoms with Gasteiger partial charge in [0.1, 0.15) is 12.4 Å². The number of fused-ring (bicyclic) bond motifs is 2. The van der Waals surface area contributed by atoms with Crippen molar-refractivity contribution in [2.45, 2.75) is 51.0 Å². The lowest BCUT2D eigenvalue weighted by Gasteiger charge is -2.36. The lowest BCUT2D eigenvalue weighted by molar-refractivity contribution is -0.142. The number of hydrogen-bond acceptors (Lipinski definition) is 7. The summed E-state index contributed by atoms with van der Waals surface area (Å²) in [6.07, 6.45) is 3.81. The third kappa shape index (κ3) is 3.80. The van der Waals surface area contributed by atoms with Crippen LogP contribution in [0, 0.1) is 5.92 Å². The van der Waals surface area contributed by atoms with Crippen LogP contribution in [0.5, 0.6) is 11.5 Å². The summed E-state index contributed by atoms with van der Waals surface area (Å²) in [5.74, 6) is -0.0467. The summed E-state index contributed by atoms with van der Waals surface area (Å²) in [6.45, 7) is 2.87. The standard InChI is InChI=1S/C23H24BrNO6/c1-12-20(23(27)29-10-13-4-3-7-28-13)21(22-16(25-12)5-2-6-17(22)26)14-8-18-19(9-15(14)24)31-11-30-18/h8-9,13,21-22H,2-7,10-11H2,1H3/t13-,21+,22-/m1/s1. The maximum Gasteiger partial charge on any atom is 0.336 e. The van der Waals surface area contributed by atoms with Crippen LogP contribution in [0.25, 0.3) is 0 Å². The average molecular weight is 490 g/mol. The van der Waals surface area contributed by atoms with Gasteiger partial charge in [-0.05, 0) is 50.3 Å². The van der Waals surface area contributed by atoms with Gasteiger partial charge in [0, 0.05) is 34.8 Å². The number of ether oxygens (including phenoxy) is 4. The Labute approximate surface area is 188 Å². The third-order valence-corrected chi connectivity index (χ3v) is 7.07. The number of carbonyl (C=O) groups is 2. The van der Waals surface area contributed by atoms with E-state index in [0.29, 0.717) is 35.8 Å². The van der Waals surface area contributed by atoms with Crippen molar-refractivity contribution >= 4 is 33.4 Å².